The van der Waals surface area contributed by atoms with Gasteiger partial charge < -0.3 is 19.5 Å². The molecule has 2 heterocycles. The maximum absolute atomic E-state index is 13.1. The van der Waals surface area contributed by atoms with Crippen molar-refractivity contribution in [3.8, 4) is 5.75 Å². The lowest BCUT2D eigenvalue weighted by Crippen LogP contribution is -2.64. The van der Waals surface area contributed by atoms with E-state index in [0.29, 0.717) is 31.5 Å². The van der Waals surface area contributed by atoms with Crippen molar-refractivity contribution in [2.75, 3.05) is 32.7 Å². The van der Waals surface area contributed by atoms with Gasteiger partial charge in [0, 0.05) is 31.7 Å². The third kappa shape index (κ3) is 6.61. The summed E-state index contributed by atoms with van der Waals surface area (Å²) >= 11 is 0. The Labute approximate surface area is 193 Å². The van der Waals surface area contributed by atoms with Crippen LogP contribution in [0.1, 0.15) is 56.5 Å². The lowest BCUT2D eigenvalue weighted by Gasteiger charge is -2.52. The number of aryl methyl sites for hydroxylation is 1. The average molecular weight is 473 g/mol. The number of rotatable bonds is 5. The fourth-order valence-corrected chi connectivity index (χ4v) is 4.57. The maximum atomic E-state index is 13.1. The Morgan fingerprint density at radius 3 is 2.42 bits per heavy atom. The highest BCUT2D eigenvalue weighted by Gasteiger charge is 2.49. The molecular weight excluding hydrogens is 437 g/mol. The van der Waals surface area contributed by atoms with E-state index >= 15 is 0 Å². The van der Waals surface area contributed by atoms with E-state index in [1.54, 1.807) is 36.9 Å². The Morgan fingerprint density at radius 2 is 1.91 bits per heavy atom. The fourth-order valence-electron chi connectivity index (χ4n) is 4.57. The van der Waals surface area contributed by atoms with Gasteiger partial charge in [0.15, 0.2) is 0 Å². The van der Waals surface area contributed by atoms with Crippen LogP contribution in [0.2, 0.25) is 0 Å². The van der Waals surface area contributed by atoms with Crippen LogP contribution in [0.5, 0.6) is 5.75 Å². The SMILES string of the molecule is Cc1cc(C(=O)N2CCC3(CC2)CN(CC(F)(F)F)CC(C(C)(C)O)O3)ccc1OC(C)C. The summed E-state index contributed by atoms with van der Waals surface area (Å²) in [5.41, 5.74) is -0.677. The Hall–Kier alpha value is -1.84. The molecule has 0 radical (unpaired) electrons. The van der Waals surface area contributed by atoms with E-state index in [4.69, 9.17) is 9.47 Å². The Bertz CT molecular complexity index is 843. The number of benzene rings is 1. The molecule has 0 bridgehead atoms. The largest absolute Gasteiger partial charge is 0.491 e. The third-order valence-corrected chi connectivity index (χ3v) is 6.27. The van der Waals surface area contributed by atoms with E-state index in [1.807, 2.05) is 20.8 Å². The first-order valence-corrected chi connectivity index (χ1v) is 11.4. The maximum Gasteiger partial charge on any atom is 0.401 e. The van der Waals surface area contributed by atoms with E-state index in [2.05, 4.69) is 0 Å². The summed E-state index contributed by atoms with van der Waals surface area (Å²) in [5.74, 6) is 0.614. The van der Waals surface area contributed by atoms with Gasteiger partial charge >= 0.3 is 6.18 Å². The first kappa shape index (κ1) is 25.8. The number of morpholine rings is 1. The number of ether oxygens (including phenoxy) is 2. The highest BCUT2D eigenvalue weighted by atomic mass is 19.4. The van der Waals surface area contributed by atoms with Crippen LogP contribution in [-0.4, -0.2) is 83.1 Å². The molecule has 1 N–H and O–H groups in total. The molecule has 2 saturated heterocycles. The number of nitrogens with zero attached hydrogens (tertiary/aromatic N) is 2. The van der Waals surface area contributed by atoms with Crippen LogP contribution in [0.4, 0.5) is 13.2 Å². The van der Waals surface area contributed by atoms with Crippen molar-refractivity contribution in [1.29, 1.82) is 0 Å². The van der Waals surface area contributed by atoms with Gasteiger partial charge in [-0.15, -0.1) is 0 Å². The minimum absolute atomic E-state index is 0.0114. The number of likely N-dealkylation sites (tertiary alicyclic amines) is 1. The van der Waals surface area contributed by atoms with E-state index in [-0.39, 0.29) is 25.1 Å². The van der Waals surface area contributed by atoms with Gasteiger partial charge in [-0.25, -0.2) is 0 Å². The summed E-state index contributed by atoms with van der Waals surface area (Å²) in [7, 11) is 0. The number of hydrogen-bond donors (Lipinski definition) is 1. The number of alkyl halides is 3. The number of carbonyl (C=O) groups is 1. The van der Waals surface area contributed by atoms with Crippen molar-refractivity contribution in [3.63, 3.8) is 0 Å². The number of amides is 1. The van der Waals surface area contributed by atoms with Gasteiger partial charge in [-0.3, -0.25) is 9.69 Å². The molecule has 1 spiro atoms. The number of aliphatic hydroxyl groups is 1. The Kier molecular flexibility index (Phi) is 7.36. The van der Waals surface area contributed by atoms with Crippen molar-refractivity contribution in [3.05, 3.63) is 29.3 Å². The van der Waals surface area contributed by atoms with Crippen molar-refractivity contribution >= 4 is 5.91 Å². The summed E-state index contributed by atoms with van der Waals surface area (Å²) in [6.07, 6.45) is -4.22. The van der Waals surface area contributed by atoms with E-state index in [1.165, 1.54) is 4.90 Å². The van der Waals surface area contributed by atoms with E-state index < -0.39 is 30.0 Å². The second-order valence-corrected chi connectivity index (χ2v) is 10.2. The van der Waals surface area contributed by atoms with Gasteiger partial charge in [0.05, 0.1) is 30.0 Å². The summed E-state index contributed by atoms with van der Waals surface area (Å²) in [5, 5.41) is 10.5. The lowest BCUT2D eigenvalue weighted by atomic mass is 9.86. The number of carbonyl (C=O) groups excluding carboxylic acids is 1. The summed E-state index contributed by atoms with van der Waals surface area (Å²) in [6, 6.07) is 5.34. The molecule has 1 unspecified atom stereocenters. The first-order chi connectivity index (χ1) is 15.2. The smallest absolute Gasteiger partial charge is 0.401 e. The van der Waals surface area contributed by atoms with Gasteiger partial charge in [-0.05, 0) is 71.2 Å². The topological polar surface area (TPSA) is 62.2 Å². The van der Waals surface area contributed by atoms with Crippen LogP contribution in [0, 0.1) is 6.92 Å². The highest BCUT2D eigenvalue weighted by molar-refractivity contribution is 5.94. The predicted octanol–water partition coefficient (Wildman–Crippen LogP) is 3.79. The quantitative estimate of drug-likeness (QED) is 0.707. The molecule has 33 heavy (non-hydrogen) atoms. The molecule has 6 nitrogen and oxygen atoms in total. The number of hydrogen-bond acceptors (Lipinski definition) is 5. The molecule has 1 aromatic carbocycles. The van der Waals surface area contributed by atoms with Crippen LogP contribution >= 0.6 is 0 Å². The molecule has 0 aromatic heterocycles. The lowest BCUT2D eigenvalue weighted by molar-refractivity contribution is -0.236. The molecule has 2 fully saturated rings. The Morgan fingerprint density at radius 1 is 1.27 bits per heavy atom. The minimum atomic E-state index is -4.33. The zero-order valence-corrected chi connectivity index (χ0v) is 20.0. The fraction of sp³-hybridized carbons (Fsp3) is 0.708. The first-order valence-electron chi connectivity index (χ1n) is 11.4. The molecule has 9 heteroatoms. The molecule has 0 saturated carbocycles. The van der Waals surface area contributed by atoms with Gasteiger partial charge in [-0.2, -0.15) is 13.2 Å². The van der Waals surface area contributed by atoms with Crippen LogP contribution in [0.3, 0.4) is 0 Å². The van der Waals surface area contributed by atoms with Crippen LogP contribution in [-0.2, 0) is 4.74 Å². The van der Waals surface area contributed by atoms with Crippen molar-refractivity contribution < 1.29 is 32.5 Å². The van der Waals surface area contributed by atoms with Gasteiger partial charge in [0.1, 0.15) is 5.75 Å². The molecule has 2 aliphatic rings. The molecule has 186 valence electrons. The zero-order chi connectivity index (χ0) is 24.6. The van der Waals surface area contributed by atoms with E-state index in [9.17, 15) is 23.1 Å². The summed E-state index contributed by atoms with van der Waals surface area (Å²) < 4.78 is 51.2. The van der Waals surface area contributed by atoms with Crippen LogP contribution in [0.25, 0.3) is 0 Å². The zero-order valence-electron chi connectivity index (χ0n) is 20.0. The monoisotopic (exact) mass is 472 g/mol. The second-order valence-electron chi connectivity index (χ2n) is 10.2. The molecule has 0 aliphatic carbocycles. The number of halogens is 3. The molecule has 3 rings (SSSR count). The predicted molar refractivity (Wildman–Crippen MR) is 118 cm³/mol. The van der Waals surface area contributed by atoms with Gasteiger partial charge in [-0.1, -0.05) is 0 Å². The van der Waals surface area contributed by atoms with Gasteiger partial charge in [0.25, 0.3) is 5.91 Å². The molecule has 1 amide bonds. The summed E-state index contributed by atoms with van der Waals surface area (Å²) in [6.45, 7) is 8.71. The minimum Gasteiger partial charge on any atom is -0.491 e. The third-order valence-electron chi connectivity index (χ3n) is 6.27. The van der Waals surface area contributed by atoms with Crippen molar-refractivity contribution in [2.24, 2.45) is 0 Å². The molecule has 1 atom stereocenters. The average Bonchev–Trinajstić information content (AvgIpc) is 2.67. The Balaban J connectivity index is 1.70. The van der Waals surface area contributed by atoms with Crippen molar-refractivity contribution in [1.82, 2.24) is 9.80 Å². The normalized spacial score (nSPS) is 22.1. The van der Waals surface area contributed by atoms with Gasteiger partial charge in [0.2, 0.25) is 0 Å². The molecule has 1 aromatic rings. The molecule has 2 aliphatic heterocycles. The standard InChI is InChI=1S/C24H35F3N2O4/c1-16(2)32-19-7-6-18(12-17(19)3)21(30)29-10-8-23(9-11-29)14-28(15-24(25,26)27)13-20(33-23)22(4,5)31/h6-7,12,16,20,31H,8-11,13-15H2,1-5H3. The highest BCUT2D eigenvalue weighted by Crippen LogP contribution is 2.36. The van der Waals surface area contributed by atoms with Crippen LogP contribution in [0.15, 0.2) is 18.2 Å². The summed E-state index contributed by atoms with van der Waals surface area (Å²) in [4.78, 5) is 16.1. The number of piperidine rings is 1. The van der Waals surface area contributed by atoms with Crippen molar-refractivity contribution in [2.45, 2.75) is 77.0 Å². The van der Waals surface area contributed by atoms with Crippen LogP contribution < -0.4 is 4.74 Å². The molecular formula is C24H35F3N2O4. The second kappa shape index (κ2) is 9.43. The van der Waals surface area contributed by atoms with E-state index in [0.717, 1.165) is 11.3 Å².